The molecule has 1 aliphatic rings. The van der Waals surface area contributed by atoms with Gasteiger partial charge in [0.2, 0.25) is 11.8 Å². The van der Waals surface area contributed by atoms with Crippen LogP contribution in [0.2, 0.25) is 0 Å². The van der Waals surface area contributed by atoms with Gasteiger partial charge in [-0.15, -0.1) is 0 Å². The minimum Gasteiger partial charge on any atom is -0.340 e. The van der Waals surface area contributed by atoms with E-state index in [9.17, 15) is 4.79 Å². The lowest BCUT2D eigenvalue weighted by molar-refractivity contribution is -0.134. The maximum atomic E-state index is 13.0. The fraction of sp³-hybridized carbons (Fsp3) is 0.550. The molecular formula is C20H28N4O2. The molecule has 2 aromatic rings. The van der Waals surface area contributed by atoms with Crippen LogP contribution >= 0.6 is 0 Å². The normalized spacial score (nSPS) is 15.9. The number of carbonyl (C=O) groups is 1. The Hall–Kier alpha value is -2.21. The van der Waals surface area contributed by atoms with Crippen LogP contribution < -0.4 is 0 Å². The first-order valence-electron chi connectivity index (χ1n) is 9.43. The molecule has 1 aliphatic heterocycles. The predicted molar refractivity (Wildman–Crippen MR) is 99.7 cm³/mol. The van der Waals surface area contributed by atoms with E-state index >= 15 is 0 Å². The summed E-state index contributed by atoms with van der Waals surface area (Å²) in [4.78, 5) is 21.6. The van der Waals surface area contributed by atoms with Crippen molar-refractivity contribution < 1.29 is 9.32 Å². The summed E-state index contributed by atoms with van der Waals surface area (Å²) < 4.78 is 5.05. The van der Waals surface area contributed by atoms with E-state index in [-0.39, 0.29) is 5.91 Å². The summed E-state index contributed by atoms with van der Waals surface area (Å²) in [7, 11) is 2.14. The Labute approximate surface area is 155 Å². The van der Waals surface area contributed by atoms with E-state index in [1.165, 1.54) is 5.56 Å². The van der Waals surface area contributed by atoms with E-state index in [1.807, 2.05) is 18.2 Å². The van der Waals surface area contributed by atoms with Crippen LogP contribution in [-0.4, -0.2) is 58.6 Å². The van der Waals surface area contributed by atoms with Crippen molar-refractivity contribution in [2.45, 2.75) is 45.1 Å². The first-order chi connectivity index (χ1) is 12.6. The molecule has 0 unspecified atom stereocenters. The van der Waals surface area contributed by atoms with Crippen LogP contribution in [0.5, 0.6) is 0 Å². The Morgan fingerprint density at radius 2 is 1.96 bits per heavy atom. The number of aromatic nitrogens is 2. The summed E-state index contributed by atoms with van der Waals surface area (Å²) in [6, 6.07) is 10.5. The second-order valence-corrected chi connectivity index (χ2v) is 7.09. The van der Waals surface area contributed by atoms with E-state index in [0.717, 1.165) is 32.4 Å². The highest BCUT2D eigenvalue weighted by molar-refractivity contribution is 5.76. The minimum atomic E-state index is 0.226. The molecule has 2 heterocycles. The maximum Gasteiger partial charge on any atom is 0.223 e. The number of hydrogen-bond acceptors (Lipinski definition) is 5. The Morgan fingerprint density at radius 3 is 2.62 bits per heavy atom. The van der Waals surface area contributed by atoms with Crippen molar-refractivity contribution in [3.63, 3.8) is 0 Å². The van der Waals surface area contributed by atoms with Crippen molar-refractivity contribution in [2.75, 3.05) is 26.7 Å². The molecule has 3 rings (SSSR count). The molecule has 1 amide bonds. The summed E-state index contributed by atoms with van der Waals surface area (Å²) in [5, 5.41) is 3.97. The van der Waals surface area contributed by atoms with Crippen LogP contribution in [-0.2, 0) is 17.6 Å². The molecule has 1 aromatic carbocycles. The largest absolute Gasteiger partial charge is 0.340 e. The molecule has 26 heavy (non-hydrogen) atoms. The van der Waals surface area contributed by atoms with Gasteiger partial charge in [-0.1, -0.05) is 35.5 Å². The van der Waals surface area contributed by atoms with Gasteiger partial charge in [0, 0.05) is 32.4 Å². The van der Waals surface area contributed by atoms with Crippen LogP contribution in [0.15, 0.2) is 34.9 Å². The standard InChI is InChI=1S/C20H28N4O2/c1-16-21-19(22-26-16)12-15-24(18-10-13-23(2)14-11-18)20(25)9-8-17-6-4-3-5-7-17/h3-7,18H,8-15H2,1-2H3. The predicted octanol–water partition coefficient (Wildman–Crippen LogP) is 2.48. The first-order valence-corrected chi connectivity index (χ1v) is 9.43. The highest BCUT2D eigenvalue weighted by Crippen LogP contribution is 2.18. The monoisotopic (exact) mass is 356 g/mol. The molecule has 1 saturated heterocycles. The average Bonchev–Trinajstić information content (AvgIpc) is 3.07. The van der Waals surface area contributed by atoms with Gasteiger partial charge in [0.1, 0.15) is 0 Å². The van der Waals surface area contributed by atoms with Crippen LogP contribution in [0.1, 0.15) is 36.5 Å². The summed E-state index contributed by atoms with van der Waals surface area (Å²) >= 11 is 0. The van der Waals surface area contributed by atoms with Crippen molar-refractivity contribution >= 4 is 5.91 Å². The van der Waals surface area contributed by atoms with Gasteiger partial charge < -0.3 is 14.3 Å². The number of likely N-dealkylation sites (tertiary alicyclic amines) is 1. The molecule has 0 aliphatic carbocycles. The Morgan fingerprint density at radius 1 is 1.23 bits per heavy atom. The second kappa shape index (κ2) is 8.94. The topological polar surface area (TPSA) is 62.5 Å². The van der Waals surface area contributed by atoms with Crippen molar-refractivity contribution in [1.82, 2.24) is 19.9 Å². The van der Waals surface area contributed by atoms with Crippen LogP contribution in [0.3, 0.4) is 0 Å². The van der Waals surface area contributed by atoms with E-state index < -0.39 is 0 Å². The number of carbonyl (C=O) groups excluding carboxylic acids is 1. The van der Waals surface area contributed by atoms with Crippen LogP contribution in [0.25, 0.3) is 0 Å². The molecule has 0 saturated carbocycles. The van der Waals surface area contributed by atoms with Crippen molar-refractivity contribution in [1.29, 1.82) is 0 Å². The average molecular weight is 356 g/mol. The third kappa shape index (κ3) is 5.14. The number of amides is 1. The highest BCUT2D eigenvalue weighted by atomic mass is 16.5. The third-order valence-electron chi connectivity index (χ3n) is 5.07. The van der Waals surface area contributed by atoms with Crippen molar-refractivity contribution in [3.8, 4) is 0 Å². The fourth-order valence-electron chi connectivity index (χ4n) is 3.52. The SMILES string of the molecule is Cc1nc(CCN(C(=O)CCc2ccccc2)C2CCN(C)CC2)no1. The molecule has 1 aromatic heterocycles. The molecular weight excluding hydrogens is 328 g/mol. The Kier molecular flexibility index (Phi) is 6.39. The summed E-state index contributed by atoms with van der Waals surface area (Å²) in [6.07, 6.45) is 4.02. The lowest BCUT2D eigenvalue weighted by atomic mass is 10.0. The zero-order valence-corrected chi connectivity index (χ0v) is 15.7. The molecule has 0 atom stereocenters. The number of rotatable bonds is 7. The van der Waals surface area contributed by atoms with Gasteiger partial charge in [-0.2, -0.15) is 4.98 Å². The van der Waals surface area contributed by atoms with E-state index in [4.69, 9.17) is 4.52 Å². The molecule has 0 N–H and O–H groups in total. The van der Waals surface area contributed by atoms with Crippen molar-refractivity contribution in [3.05, 3.63) is 47.6 Å². The number of benzene rings is 1. The maximum absolute atomic E-state index is 13.0. The third-order valence-corrected chi connectivity index (χ3v) is 5.07. The molecule has 140 valence electrons. The van der Waals surface area contributed by atoms with Gasteiger partial charge in [-0.3, -0.25) is 4.79 Å². The van der Waals surface area contributed by atoms with E-state index in [1.54, 1.807) is 6.92 Å². The summed E-state index contributed by atoms with van der Waals surface area (Å²) in [5.41, 5.74) is 1.21. The fourth-order valence-corrected chi connectivity index (χ4v) is 3.52. The van der Waals surface area contributed by atoms with Gasteiger partial charge in [0.15, 0.2) is 5.82 Å². The zero-order chi connectivity index (χ0) is 18.4. The number of piperidine rings is 1. The molecule has 0 spiro atoms. The van der Waals surface area contributed by atoms with Crippen molar-refractivity contribution in [2.24, 2.45) is 0 Å². The number of hydrogen-bond donors (Lipinski definition) is 0. The Bertz CT molecular complexity index is 693. The summed E-state index contributed by atoms with van der Waals surface area (Å²) in [6.45, 7) is 4.51. The molecule has 6 nitrogen and oxygen atoms in total. The van der Waals surface area contributed by atoms with Crippen LogP contribution in [0.4, 0.5) is 0 Å². The first kappa shape index (κ1) is 18.6. The zero-order valence-electron chi connectivity index (χ0n) is 15.7. The molecule has 6 heteroatoms. The highest BCUT2D eigenvalue weighted by Gasteiger charge is 2.26. The van der Waals surface area contributed by atoms with Crippen LogP contribution in [0, 0.1) is 6.92 Å². The van der Waals surface area contributed by atoms with E-state index in [0.29, 0.717) is 37.1 Å². The Balaban J connectivity index is 1.61. The molecule has 0 radical (unpaired) electrons. The minimum absolute atomic E-state index is 0.226. The number of aryl methyl sites for hydroxylation is 2. The molecule has 0 bridgehead atoms. The lowest BCUT2D eigenvalue weighted by Gasteiger charge is -2.37. The van der Waals surface area contributed by atoms with Gasteiger partial charge >= 0.3 is 0 Å². The second-order valence-electron chi connectivity index (χ2n) is 7.09. The van der Waals surface area contributed by atoms with Gasteiger partial charge in [-0.25, -0.2) is 0 Å². The molecule has 1 fully saturated rings. The van der Waals surface area contributed by atoms with E-state index in [2.05, 4.69) is 39.1 Å². The van der Waals surface area contributed by atoms with Gasteiger partial charge in [0.05, 0.1) is 0 Å². The smallest absolute Gasteiger partial charge is 0.223 e. The number of nitrogens with zero attached hydrogens (tertiary/aromatic N) is 4. The van der Waals surface area contributed by atoms with Gasteiger partial charge in [-0.05, 0) is 45.0 Å². The lowest BCUT2D eigenvalue weighted by Crippen LogP contribution is -2.47. The summed E-state index contributed by atoms with van der Waals surface area (Å²) in [5.74, 6) is 1.47. The quantitative estimate of drug-likeness (QED) is 0.763. The van der Waals surface area contributed by atoms with Gasteiger partial charge in [0.25, 0.3) is 0 Å².